The van der Waals surface area contributed by atoms with E-state index < -0.39 is 0 Å². The van der Waals surface area contributed by atoms with Gasteiger partial charge in [-0.3, -0.25) is 0 Å². The van der Waals surface area contributed by atoms with Crippen LogP contribution >= 0.6 is 11.6 Å². The molecule has 2 rings (SSSR count). The molecular formula is C8H8ClN5O. The molecule has 0 aromatic carbocycles. The summed E-state index contributed by atoms with van der Waals surface area (Å²) >= 11 is 5.64. The molecule has 0 atom stereocenters. The van der Waals surface area contributed by atoms with Crippen LogP contribution in [0, 0.1) is 0 Å². The standard InChI is InChI=1S/C8H8ClN5O/c9-6-3-11-8(12-4-6)10-2-1-7-13-5-14-15-7/h3-5H,1-2H2,(H,10,11,12). The Kier molecular flexibility index (Phi) is 3.08. The van der Waals surface area contributed by atoms with Gasteiger partial charge in [-0.2, -0.15) is 4.98 Å². The highest BCUT2D eigenvalue weighted by atomic mass is 35.5. The largest absolute Gasteiger partial charge is 0.354 e. The third-order valence-electron chi connectivity index (χ3n) is 1.65. The lowest BCUT2D eigenvalue weighted by molar-refractivity contribution is 0.379. The van der Waals surface area contributed by atoms with E-state index in [1.165, 1.54) is 18.7 Å². The molecule has 0 saturated carbocycles. The van der Waals surface area contributed by atoms with Crippen LogP contribution in [0.15, 0.2) is 23.2 Å². The van der Waals surface area contributed by atoms with Crippen molar-refractivity contribution in [2.75, 3.05) is 11.9 Å². The molecule has 0 aliphatic heterocycles. The molecule has 7 heteroatoms. The molecule has 6 nitrogen and oxygen atoms in total. The van der Waals surface area contributed by atoms with Gasteiger partial charge in [0.25, 0.3) is 0 Å². The van der Waals surface area contributed by atoms with E-state index in [1.54, 1.807) is 0 Å². The van der Waals surface area contributed by atoms with Crippen LogP contribution in [-0.4, -0.2) is 26.7 Å². The fraction of sp³-hybridized carbons (Fsp3) is 0.250. The van der Waals surface area contributed by atoms with Crippen molar-refractivity contribution in [1.82, 2.24) is 20.1 Å². The van der Waals surface area contributed by atoms with Gasteiger partial charge in [0.1, 0.15) is 0 Å². The molecule has 2 aromatic heterocycles. The highest BCUT2D eigenvalue weighted by Crippen LogP contribution is 2.05. The molecule has 2 aromatic rings. The second-order valence-corrected chi connectivity index (χ2v) is 3.17. The lowest BCUT2D eigenvalue weighted by atomic mass is 10.4. The van der Waals surface area contributed by atoms with Gasteiger partial charge in [0.05, 0.1) is 17.4 Å². The summed E-state index contributed by atoms with van der Waals surface area (Å²) < 4.78 is 4.83. The zero-order valence-corrected chi connectivity index (χ0v) is 8.48. The second kappa shape index (κ2) is 4.70. The average Bonchev–Trinajstić information content (AvgIpc) is 2.74. The molecule has 15 heavy (non-hydrogen) atoms. The Labute approximate surface area is 90.7 Å². The number of aromatic nitrogens is 4. The van der Waals surface area contributed by atoms with Crippen molar-refractivity contribution < 1.29 is 4.52 Å². The summed E-state index contributed by atoms with van der Waals surface area (Å²) in [5, 5.41) is 7.01. The van der Waals surface area contributed by atoms with Crippen molar-refractivity contribution in [2.45, 2.75) is 6.42 Å². The van der Waals surface area contributed by atoms with E-state index in [0.29, 0.717) is 29.8 Å². The molecule has 0 amide bonds. The molecule has 0 radical (unpaired) electrons. The van der Waals surface area contributed by atoms with Crippen LogP contribution in [0.25, 0.3) is 0 Å². The molecule has 2 heterocycles. The van der Waals surface area contributed by atoms with Crippen LogP contribution < -0.4 is 5.32 Å². The minimum Gasteiger partial charge on any atom is -0.354 e. The van der Waals surface area contributed by atoms with Crippen molar-refractivity contribution in [1.29, 1.82) is 0 Å². The summed E-state index contributed by atoms with van der Waals surface area (Å²) in [4.78, 5) is 11.8. The summed E-state index contributed by atoms with van der Waals surface area (Å²) in [6.07, 6.45) is 5.06. The van der Waals surface area contributed by atoms with Gasteiger partial charge >= 0.3 is 0 Å². The zero-order valence-electron chi connectivity index (χ0n) is 7.72. The maximum absolute atomic E-state index is 5.64. The Morgan fingerprint density at radius 3 is 2.73 bits per heavy atom. The lowest BCUT2D eigenvalue weighted by Gasteiger charge is -2.01. The predicted molar refractivity (Wildman–Crippen MR) is 53.5 cm³/mol. The molecule has 0 fully saturated rings. The number of rotatable bonds is 4. The zero-order chi connectivity index (χ0) is 10.5. The Morgan fingerprint density at radius 2 is 2.07 bits per heavy atom. The van der Waals surface area contributed by atoms with Crippen LogP contribution in [0.2, 0.25) is 5.02 Å². The first-order valence-electron chi connectivity index (χ1n) is 4.31. The maximum Gasteiger partial charge on any atom is 0.228 e. The van der Waals surface area contributed by atoms with Crippen molar-refractivity contribution in [3.8, 4) is 0 Å². The van der Waals surface area contributed by atoms with Crippen molar-refractivity contribution in [3.63, 3.8) is 0 Å². The summed E-state index contributed by atoms with van der Waals surface area (Å²) in [6, 6.07) is 0. The third-order valence-corrected chi connectivity index (χ3v) is 1.84. The first-order chi connectivity index (χ1) is 7.34. The number of anilines is 1. The van der Waals surface area contributed by atoms with E-state index in [2.05, 4.69) is 25.4 Å². The van der Waals surface area contributed by atoms with Gasteiger partial charge in [-0.15, -0.1) is 0 Å². The molecule has 1 N–H and O–H groups in total. The summed E-state index contributed by atoms with van der Waals surface area (Å²) in [5.74, 6) is 1.11. The van der Waals surface area contributed by atoms with E-state index in [0.717, 1.165) is 0 Å². The highest BCUT2D eigenvalue weighted by molar-refractivity contribution is 6.30. The Morgan fingerprint density at radius 1 is 1.27 bits per heavy atom. The number of hydrogen-bond acceptors (Lipinski definition) is 6. The maximum atomic E-state index is 5.64. The van der Waals surface area contributed by atoms with Gasteiger partial charge in [0.2, 0.25) is 11.8 Å². The van der Waals surface area contributed by atoms with Crippen LogP contribution in [0.4, 0.5) is 5.95 Å². The Hall–Kier alpha value is -1.69. The smallest absolute Gasteiger partial charge is 0.228 e. The highest BCUT2D eigenvalue weighted by Gasteiger charge is 1.99. The minimum absolute atomic E-state index is 0.512. The SMILES string of the molecule is Clc1cnc(NCCc2ncno2)nc1. The minimum atomic E-state index is 0.512. The van der Waals surface area contributed by atoms with Crippen LogP contribution in [-0.2, 0) is 6.42 Å². The number of halogens is 1. The van der Waals surface area contributed by atoms with Crippen LogP contribution in [0.1, 0.15) is 5.89 Å². The van der Waals surface area contributed by atoms with Gasteiger partial charge in [-0.1, -0.05) is 16.8 Å². The van der Waals surface area contributed by atoms with Gasteiger partial charge < -0.3 is 9.84 Å². The number of nitrogens with zero attached hydrogens (tertiary/aromatic N) is 4. The fourth-order valence-corrected chi connectivity index (χ4v) is 1.09. The van der Waals surface area contributed by atoms with E-state index in [4.69, 9.17) is 16.1 Å². The monoisotopic (exact) mass is 225 g/mol. The fourth-order valence-electron chi connectivity index (χ4n) is 0.991. The molecular weight excluding hydrogens is 218 g/mol. The molecule has 0 bridgehead atoms. The van der Waals surface area contributed by atoms with E-state index in [1.807, 2.05) is 0 Å². The average molecular weight is 226 g/mol. The lowest BCUT2D eigenvalue weighted by Crippen LogP contribution is -2.07. The molecule has 0 unspecified atom stereocenters. The third kappa shape index (κ3) is 2.88. The molecule has 0 saturated heterocycles. The van der Waals surface area contributed by atoms with Crippen molar-refractivity contribution >= 4 is 17.5 Å². The topological polar surface area (TPSA) is 76.7 Å². The van der Waals surface area contributed by atoms with Gasteiger partial charge in [-0.05, 0) is 0 Å². The summed E-state index contributed by atoms with van der Waals surface area (Å²) in [6.45, 7) is 0.629. The Bertz CT molecular complexity index is 401. The Balaban J connectivity index is 1.81. The normalized spacial score (nSPS) is 10.2. The number of hydrogen-bond donors (Lipinski definition) is 1. The number of nitrogens with one attached hydrogen (secondary N) is 1. The molecule has 0 aliphatic rings. The van der Waals surface area contributed by atoms with Gasteiger partial charge in [0, 0.05) is 13.0 Å². The van der Waals surface area contributed by atoms with Gasteiger partial charge in [-0.25, -0.2) is 9.97 Å². The van der Waals surface area contributed by atoms with Gasteiger partial charge in [0.15, 0.2) is 6.33 Å². The molecule has 78 valence electrons. The molecule has 0 aliphatic carbocycles. The van der Waals surface area contributed by atoms with Crippen molar-refractivity contribution in [3.05, 3.63) is 29.6 Å². The van der Waals surface area contributed by atoms with E-state index in [9.17, 15) is 0 Å². The summed E-state index contributed by atoms with van der Waals surface area (Å²) in [5.41, 5.74) is 0. The second-order valence-electron chi connectivity index (χ2n) is 2.74. The van der Waals surface area contributed by atoms with E-state index >= 15 is 0 Å². The van der Waals surface area contributed by atoms with Crippen molar-refractivity contribution in [2.24, 2.45) is 0 Å². The first-order valence-corrected chi connectivity index (χ1v) is 4.69. The summed E-state index contributed by atoms with van der Waals surface area (Å²) in [7, 11) is 0. The van der Waals surface area contributed by atoms with E-state index in [-0.39, 0.29) is 0 Å². The first kappa shape index (κ1) is 9.85. The van der Waals surface area contributed by atoms with Crippen LogP contribution in [0.5, 0.6) is 0 Å². The van der Waals surface area contributed by atoms with Crippen LogP contribution in [0.3, 0.4) is 0 Å². The quantitative estimate of drug-likeness (QED) is 0.842. The molecule has 0 spiro atoms. The predicted octanol–water partition coefficient (Wildman–Crippen LogP) is 1.17.